The highest BCUT2D eigenvalue weighted by Gasteiger charge is 2.21. The second-order valence-electron chi connectivity index (χ2n) is 6.44. The number of nitrogens with one attached hydrogen (secondary N) is 1. The van der Waals surface area contributed by atoms with Crippen LogP contribution in [-0.2, 0) is 11.3 Å². The van der Waals surface area contributed by atoms with Crippen molar-refractivity contribution < 1.29 is 19.0 Å². The highest BCUT2D eigenvalue weighted by atomic mass is 16.5. The third-order valence-electron chi connectivity index (χ3n) is 4.82. The standard InChI is InChI=1S/C19H30N2O4/c1-14(22)16-5-8-21(9-6-16)10-7-20-13-15-11-17(23-2)19(25-4)18(12-15)24-3/h11-12,16,20H,5-10,13H2,1-4H3. The molecule has 0 atom stereocenters. The number of hydrogen-bond acceptors (Lipinski definition) is 6. The fourth-order valence-electron chi connectivity index (χ4n) is 3.27. The molecular weight excluding hydrogens is 320 g/mol. The molecule has 1 aromatic rings. The van der Waals surface area contributed by atoms with Gasteiger partial charge in [-0.25, -0.2) is 0 Å². The molecule has 0 bridgehead atoms. The zero-order valence-corrected chi connectivity index (χ0v) is 15.8. The van der Waals surface area contributed by atoms with Crippen LogP contribution in [0.3, 0.4) is 0 Å². The van der Waals surface area contributed by atoms with Crippen LogP contribution in [0.5, 0.6) is 17.2 Å². The van der Waals surface area contributed by atoms with E-state index in [2.05, 4.69) is 10.2 Å². The lowest BCUT2D eigenvalue weighted by molar-refractivity contribution is -0.122. The molecule has 140 valence electrons. The number of carbonyl (C=O) groups is 1. The molecule has 0 radical (unpaired) electrons. The van der Waals surface area contributed by atoms with E-state index in [-0.39, 0.29) is 5.92 Å². The van der Waals surface area contributed by atoms with Crippen molar-refractivity contribution >= 4 is 5.78 Å². The summed E-state index contributed by atoms with van der Waals surface area (Å²) >= 11 is 0. The van der Waals surface area contributed by atoms with Crippen LogP contribution in [0.1, 0.15) is 25.3 Å². The maximum Gasteiger partial charge on any atom is 0.203 e. The second kappa shape index (κ2) is 9.63. The highest BCUT2D eigenvalue weighted by molar-refractivity contribution is 5.78. The molecule has 1 aliphatic rings. The third kappa shape index (κ3) is 5.34. The third-order valence-corrected chi connectivity index (χ3v) is 4.82. The number of methoxy groups -OCH3 is 3. The number of ether oxygens (including phenoxy) is 3. The Morgan fingerprint density at radius 3 is 2.20 bits per heavy atom. The molecule has 0 aromatic heterocycles. The van der Waals surface area contributed by atoms with E-state index < -0.39 is 0 Å². The van der Waals surface area contributed by atoms with Crippen molar-refractivity contribution in [2.24, 2.45) is 5.92 Å². The molecule has 1 aromatic carbocycles. The van der Waals surface area contributed by atoms with E-state index in [1.54, 1.807) is 28.3 Å². The molecule has 1 fully saturated rings. The number of rotatable bonds is 9. The molecule has 1 N–H and O–H groups in total. The molecule has 0 unspecified atom stereocenters. The Hall–Kier alpha value is -1.79. The largest absolute Gasteiger partial charge is 0.493 e. The Morgan fingerprint density at radius 2 is 1.72 bits per heavy atom. The summed E-state index contributed by atoms with van der Waals surface area (Å²) in [6, 6.07) is 3.93. The van der Waals surface area contributed by atoms with Gasteiger partial charge in [-0.15, -0.1) is 0 Å². The molecule has 6 nitrogen and oxygen atoms in total. The van der Waals surface area contributed by atoms with Crippen LogP contribution in [-0.4, -0.2) is 58.2 Å². The van der Waals surface area contributed by atoms with Gasteiger partial charge < -0.3 is 24.4 Å². The van der Waals surface area contributed by atoms with Crippen LogP contribution in [0.25, 0.3) is 0 Å². The Bertz CT molecular complexity index is 544. The first-order valence-electron chi connectivity index (χ1n) is 8.81. The summed E-state index contributed by atoms with van der Waals surface area (Å²) in [6.45, 7) is 6.36. The average molecular weight is 350 g/mol. The number of nitrogens with zero attached hydrogens (tertiary/aromatic N) is 1. The summed E-state index contributed by atoms with van der Waals surface area (Å²) in [7, 11) is 4.85. The number of Topliss-reactive ketones (excluding diaryl/α,β-unsaturated/α-hetero) is 1. The summed E-state index contributed by atoms with van der Waals surface area (Å²) in [6.07, 6.45) is 1.98. The molecule has 0 spiro atoms. The summed E-state index contributed by atoms with van der Waals surface area (Å²) in [5, 5.41) is 3.46. The van der Waals surface area contributed by atoms with Gasteiger partial charge in [0.2, 0.25) is 5.75 Å². The van der Waals surface area contributed by atoms with Gasteiger partial charge in [0.1, 0.15) is 5.78 Å². The van der Waals surface area contributed by atoms with E-state index in [1.165, 1.54) is 0 Å². The SMILES string of the molecule is COc1cc(CNCCN2CCC(C(C)=O)CC2)cc(OC)c1OC. The van der Waals surface area contributed by atoms with Crippen LogP contribution in [0.15, 0.2) is 12.1 Å². The van der Waals surface area contributed by atoms with Crippen molar-refractivity contribution in [3.63, 3.8) is 0 Å². The minimum absolute atomic E-state index is 0.267. The van der Waals surface area contributed by atoms with Crippen molar-refractivity contribution in [1.29, 1.82) is 0 Å². The van der Waals surface area contributed by atoms with Crippen LogP contribution in [0.4, 0.5) is 0 Å². The zero-order valence-electron chi connectivity index (χ0n) is 15.8. The minimum Gasteiger partial charge on any atom is -0.493 e. The second-order valence-corrected chi connectivity index (χ2v) is 6.44. The van der Waals surface area contributed by atoms with Gasteiger partial charge in [0, 0.05) is 25.6 Å². The van der Waals surface area contributed by atoms with Gasteiger partial charge in [-0.3, -0.25) is 4.79 Å². The van der Waals surface area contributed by atoms with Gasteiger partial charge >= 0.3 is 0 Å². The van der Waals surface area contributed by atoms with E-state index in [4.69, 9.17) is 14.2 Å². The number of benzene rings is 1. The van der Waals surface area contributed by atoms with Gasteiger partial charge in [0.05, 0.1) is 21.3 Å². The van der Waals surface area contributed by atoms with Crippen LogP contribution >= 0.6 is 0 Å². The van der Waals surface area contributed by atoms with Gasteiger partial charge in [0.15, 0.2) is 11.5 Å². The van der Waals surface area contributed by atoms with Crippen molar-refractivity contribution in [2.45, 2.75) is 26.3 Å². The van der Waals surface area contributed by atoms with Gasteiger partial charge in [-0.1, -0.05) is 0 Å². The monoisotopic (exact) mass is 350 g/mol. The molecule has 0 aliphatic carbocycles. The Labute approximate surface area is 150 Å². The van der Waals surface area contributed by atoms with E-state index in [0.717, 1.165) is 51.1 Å². The molecule has 6 heteroatoms. The lowest BCUT2D eigenvalue weighted by atomic mass is 9.93. The summed E-state index contributed by atoms with van der Waals surface area (Å²) < 4.78 is 16.1. The maximum atomic E-state index is 11.4. The molecule has 0 amide bonds. The molecule has 2 rings (SSSR count). The molecule has 1 aliphatic heterocycles. The normalized spacial score (nSPS) is 15.8. The van der Waals surface area contributed by atoms with Gasteiger partial charge in [-0.2, -0.15) is 0 Å². The quantitative estimate of drug-likeness (QED) is 0.688. The molecular formula is C19H30N2O4. The summed E-state index contributed by atoms with van der Waals surface area (Å²) in [4.78, 5) is 13.8. The fraction of sp³-hybridized carbons (Fsp3) is 0.632. The van der Waals surface area contributed by atoms with Crippen molar-refractivity contribution in [2.75, 3.05) is 47.5 Å². The molecule has 1 saturated heterocycles. The number of hydrogen-bond donors (Lipinski definition) is 1. The lowest BCUT2D eigenvalue weighted by Crippen LogP contribution is -2.39. The van der Waals surface area contributed by atoms with Crippen LogP contribution in [0, 0.1) is 5.92 Å². The van der Waals surface area contributed by atoms with Crippen LogP contribution < -0.4 is 19.5 Å². The van der Waals surface area contributed by atoms with Crippen molar-refractivity contribution in [3.8, 4) is 17.2 Å². The Kier molecular flexibility index (Phi) is 7.52. The average Bonchev–Trinajstić information content (AvgIpc) is 2.64. The Balaban J connectivity index is 1.79. The predicted octanol–water partition coefficient (Wildman–Crippen LogP) is 2.10. The maximum absolute atomic E-state index is 11.4. The predicted molar refractivity (Wildman–Crippen MR) is 97.6 cm³/mol. The first kappa shape index (κ1) is 19.5. The number of ketones is 1. The molecule has 25 heavy (non-hydrogen) atoms. The van der Waals surface area contributed by atoms with E-state index in [9.17, 15) is 4.79 Å². The Morgan fingerprint density at radius 1 is 1.12 bits per heavy atom. The smallest absolute Gasteiger partial charge is 0.203 e. The van der Waals surface area contributed by atoms with E-state index in [1.807, 2.05) is 12.1 Å². The summed E-state index contributed by atoms with van der Waals surface area (Å²) in [5.74, 6) is 2.56. The topological polar surface area (TPSA) is 60.0 Å². The molecule has 1 heterocycles. The van der Waals surface area contributed by atoms with Crippen LogP contribution in [0.2, 0.25) is 0 Å². The first-order chi connectivity index (χ1) is 12.1. The zero-order chi connectivity index (χ0) is 18.2. The lowest BCUT2D eigenvalue weighted by Gasteiger charge is -2.30. The number of likely N-dealkylation sites (tertiary alicyclic amines) is 1. The van der Waals surface area contributed by atoms with E-state index in [0.29, 0.717) is 23.0 Å². The van der Waals surface area contributed by atoms with Gasteiger partial charge in [0.25, 0.3) is 0 Å². The molecule has 0 saturated carbocycles. The highest BCUT2D eigenvalue weighted by Crippen LogP contribution is 2.38. The van der Waals surface area contributed by atoms with E-state index >= 15 is 0 Å². The number of piperidine rings is 1. The minimum atomic E-state index is 0.267. The van der Waals surface area contributed by atoms with Crippen molar-refractivity contribution in [3.05, 3.63) is 17.7 Å². The first-order valence-corrected chi connectivity index (χ1v) is 8.81. The number of carbonyl (C=O) groups excluding carboxylic acids is 1. The fourth-order valence-corrected chi connectivity index (χ4v) is 3.27. The summed E-state index contributed by atoms with van der Waals surface area (Å²) in [5.41, 5.74) is 1.09. The van der Waals surface area contributed by atoms with Gasteiger partial charge in [-0.05, 0) is 50.6 Å². The van der Waals surface area contributed by atoms with Crippen molar-refractivity contribution in [1.82, 2.24) is 10.2 Å².